The number of nitrogens with zero attached hydrogens (tertiary/aromatic N) is 1. The number of rotatable bonds is 9. The number of hydrogen-bond donors (Lipinski definition) is 1. The minimum Gasteiger partial charge on any atom is -0.597 e. The Morgan fingerprint density at radius 2 is 1.97 bits per heavy atom. The van der Waals surface area contributed by atoms with Crippen molar-refractivity contribution < 1.29 is 23.6 Å². The average molecular weight is 562 g/mol. The SMILES string of the molecule is C=C(C)C(C(=O)OCC(Cl)(Cl)Cl)N1C(=O)C(NC(=S)Cc2ccc(OC)cc2)C1[S+]([O-])Cl. The molecule has 7 nitrogen and oxygen atoms in total. The van der Waals surface area contributed by atoms with Gasteiger partial charge in [0.25, 0.3) is 5.91 Å². The zero-order valence-corrected chi connectivity index (χ0v) is 21.6. The second-order valence-corrected chi connectivity index (χ2v) is 11.8. The molecule has 0 spiro atoms. The third kappa shape index (κ3) is 7.03. The topological polar surface area (TPSA) is 90.9 Å². The molecule has 1 N–H and O–H groups in total. The Labute approximate surface area is 214 Å². The van der Waals surface area contributed by atoms with Crippen molar-refractivity contribution in [3.05, 3.63) is 42.0 Å². The van der Waals surface area contributed by atoms with Gasteiger partial charge in [0.15, 0.2) is 22.8 Å². The first kappa shape index (κ1) is 27.3. The normalized spacial score (nSPS) is 20.1. The summed E-state index contributed by atoms with van der Waals surface area (Å²) in [5, 5.41) is 1.82. The Hall–Kier alpha value is -0.940. The van der Waals surface area contributed by atoms with E-state index in [1.807, 2.05) is 12.1 Å². The summed E-state index contributed by atoms with van der Waals surface area (Å²) in [6.07, 6.45) is 0.333. The fourth-order valence-electron chi connectivity index (χ4n) is 3.03. The van der Waals surface area contributed by atoms with Crippen LogP contribution in [0, 0.1) is 0 Å². The van der Waals surface area contributed by atoms with Gasteiger partial charge >= 0.3 is 5.97 Å². The molecule has 1 aliphatic rings. The zero-order chi connectivity index (χ0) is 24.2. The number of methoxy groups -OCH3 is 1. The molecule has 1 aromatic carbocycles. The number of hydrogen-bond acceptors (Lipinski definition) is 6. The summed E-state index contributed by atoms with van der Waals surface area (Å²) in [6, 6.07) is 4.99. The first-order chi connectivity index (χ1) is 14.9. The van der Waals surface area contributed by atoms with Crippen molar-refractivity contribution in [2.75, 3.05) is 13.7 Å². The second kappa shape index (κ2) is 11.5. The van der Waals surface area contributed by atoms with Crippen LogP contribution in [0.4, 0.5) is 0 Å². The van der Waals surface area contributed by atoms with E-state index < -0.39 is 50.1 Å². The molecule has 0 saturated carbocycles. The zero-order valence-electron chi connectivity index (χ0n) is 17.0. The van der Waals surface area contributed by atoms with E-state index in [0.717, 1.165) is 10.5 Å². The van der Waals surface area contributed by atoms with E-state index >= 15 is 0 Å². The van der Waals surface area contributed by atoms with E-state index in [9.17, 15) is 14.1 Å². The highest BCUT2D eigenvalue weighted by molar-refractivity contribution is 8.14. The molecule has 1 saturated heterocycles. The second-order valence-electron chi connectivity index (χ2n) is 6.93. The standard InChI is InChI=1S/C19H20Cl4N2O5S2/c1-10(2)15(18(27)30-9-19(20,21)22)25-16(26)14(17(25)32(23)28)24-13(31)8-11-4-6-12(29-3)7-5-11/h4-7,14-15,17H,1,8-9H2,2-3H3,(H,24,31). The molecule has 1 aromatic rings. The van der Waals surface area contributed by atoms with E-state index in [1.165, 1.54) is 6.92 Å². The Morgan fingerprint density at radius 1 is 1.38 bits per heavy atom. The average Bonchev–Trinajstić information content (AvgIpc) is 2.70. The fourth-order valence-corrected chi connectivity index (χ4v) is 4.85. The maximum absolute atomic E-state index is 12.9. The molecule has 32 heavy (non-hydrogen) atoms. The molecule has 1 amide bonds. The molecule has 0 radical (unpaired) electrons. The molecule has 2 rings (SSSR count). The Kier molecular flexibility index (Phi) is 9.78. The van der Waals surface area contributed by atoms with Gasteiger partial charge in [-0.2, -0.15) is 0 Å². The minimum atomic E-state index is -2.03. The van der Waals surface area contributed by atoms with E-state index in [4.69, 9.17) is 67.2 Å². The first-order valence-corrected chi connectivity index (χ1v) is 12.6. The first-order valence-electron chi connectivity index (χ1n) is 9.05. The van der Waals surface area contributed by atoms with Crippen molar-refractivity contribution in [2.24, 2.45) is 0 Å². The van der Waals surface area contributed by atoms with Crippen molar-refractivity contribution in [1.82, 2.24) is 10.2 Å². The van der Waals surface area contributed by atoms with Gasteiger partial charge in [0.2, 0.25) is 9.17 Å². The van der Waals surface area contributed by atoms with E-state index in [1.54, 1.807) is 19.2 Å². The highest BCUT2D eigenvalue weighted by Gasteiger charge is 2.60. The molecular formula is C19H20Cl4N2O5S2. The van der Waals surface area contributed by atoms with Crippen LogP contribution in [-0.2, 0) is 31.1 Å². The van der Waals surface area contributed by atoms with Crippen LogP contribution in [0.25, 0.3) is 0 Å². The lowest BCUT2D eigenvalue weighted by Crippen LogP contribution is -2.75. The van der Waals surface area contributed by atoms with Crippen molar-refractivity contribution >= 4 is 85.0 Å². The van der Waals surface area contributed by atoms with Gasteiger partial charge in [-0.25, -0.2) is 4.79 Å². The minimum absolute atomic E-state index is 0.263. The summed E-state index contributed by atoms with van der Waals surface area (Å²) in [7, 11) is 5.38. The van der Waals surface area contributed by atoms with Gasteiger partial charge in [0, 0.05) is 6.42 Å². The molecule has 13 heteroatoms. The number of halogens is 4. The molecule has 1 fully saturated rings. The van der Waals surface area contributed by atoms with Crippen molar-refractivity contribution in [1.29, 1.82) is 0 Å². The lowest BCUT2D eigenvalue weighted by Gasteiger charge is -2.47. The number of thiocarbonyl (C=S) groups is 1. The number of likely N-dealkylation sites (tertiary alicyclic amines) is 1. The molecular weight excluding hydrogens is 542 g/mol. The number of β-lactam (4-membered cyclic amide) rings is 1. The molecule has 0 aliphatic carbocycles. The predicted octanol–water partition coefficient (Wildman–Crippen LogP) is 3.45. The van der Waals surface area contributed by atoms with Gasteiger partial charge in [-0.15, -0.1) is 0 Å². The van der Waals surface area contributed by atoms with Gasteiger partial charge in [0.05, 0.1) is 22.5 Å². The quantitative estimate of drug-likeness (QED) is 0.123. The van der Waals surface area contributed by atoms with Crippen LogP contribution in [0.5, 0.6) is 5.75 Å². The van der Waals surface area contributed by atoms with Gasteiger partial charge in [-0.05, 0) is 30.2 Å². The summed E-state index contributed by atoms with van der Waals surface area (Å²) in [6.45, 7) is 4.69. The molecule has 176 valence electrons. The van der Waals surface area contributed by atoms with Gasteiger partial charge < -0.3 is 19.3 Å². The van der Waals surface area contributed by atoms with Crippen LogP contribution >= 0.6 is 57.7 Å². The van der Waals surface area contributed by atoms with Crippen molar-refractivity contribution in [3.8, 4) is 5.75 Å². The number of carbonyl (C=O) groups is 2. The largest absolute Gasteiger partial charge is 0.597 e. The summed E-state index contributed by atoms with van der Waals surface area (Å²) in [4.78, 5) is 26.8. The van der Waals surface area contributed by atoms with Crippen LogP contribution in [0.3, 0.4) is 0 Å². The summed E-state index contributed by atoms with van der Waals surface area (Å²) < 4.78 is 20.5. The maximum Gasteiger partial charge on any atom is 0.333 e. The number of carbonyl (C=O) groups excluding carboxylic acids is 2. The third-order valence-corrected chi connectivity index (χ3v) is 6.47. The monoisotopic (exact) mass is 560 g/mol. The molecule has 0 bridgehead atoms. The van der Waals surface area contributed by atoms with Crippen LogP contribution in [-0.4, -0.2) is 61.3 Å². The summed E-state index contributed by atoms with van der Waals surface area (Å²) in [5.74, 6) is -0.731. The van der Waals surface area contributed by atoms with Gasteiger partial charge in [0.1, 0.15) is 12.4 Å². The molecule has 0 aromatic heterocycles. The van der Waals surface area contributed by atoms with Crippen molar-refractivity contribution in [3.63, 3.8) is 0 Å². The molecule has 4 unspecified atom stereocenters. The summed E-state index contributed by atoms with van der Waals surface area (Å²) >= 11 is 22.2. The lowest BCUT2D eigenvalue weighted by molar-refractivity contribution is -0.162. The summed E-state index contributed by atoms with van der Waals surface area (Å²) in [5.41, 5.74) is 1.14. The van der Waals surface area contributed by atoms with Crippen LogP contribution in [0.2, 0.25) is 0 Å². The number of alkyl halides is 3. The third-order valence-electron chi connectivity index (χ3n) is 4.46. The Morgan fingerprint density at radius 3 is 2.44 bits per heavy atom. The van der Waals surface area contributed by atoms with E-state index in [-0.39, 0.29) is 5.57 Å². The van der Waals surface area contributed by atoms with E-state index in [0.29, 0.717) is 17.2 Å². The Balaban J connectivity index is 2.11. The maximum atomic E-state index is 12.9. The predicted molar refractivity (Wildman–Crippen MR) is 131 cm³/mol. The van der Waals surface area contributed by atoms with Crippen LogP contribution in [0.1, 0.15) is 12.5 Å². The van der Waals surface area contributed by atoms with Crippen molar-refractivity contribution in [2.45, 2.75) is 34.6 Å². The van der Waals surface area contributed by atoms with Gasteiger partial charge in [-0.3, -0.25) is 9.69 Å². The number of amides is 1. The highest BCUT2D eigenvalue weighted by atomic mass is 35.7. The fraction of sp³-hybridized carbons (Fsp3) is 0.421. The Bertz CT molecular complexity index is 879. The molecule has 4 atom stereocenters. The number of benzene rings is 1. The number of nitrogens with one attached hydrogen (secondary N) is 1. The molecule has 1 aliphatic heterocycles. The lowest BCUT2D eigenvalue weighted by atomic mass is 9.99. The van der Waals surface area contributed by atoms with Crippen LogP contribution in [0.15, 0.2) is 36.4 Å². The highest BCUT2D eigenvalue weighted by Crippen LogP contribution is 2.33. The number of esters is 1. The number of ether oxygens (including phenoxy) is 2. The smallest absolute Gasteiger partial charge is 0.333 e. The van der Waals surface area contributed by atoms with Crippen LogP contribution < -0.4 is 10.1 Å². The molecule has 1 heterocycles. The van der Waals surface area contributed by atoms with Gasteiger partial charge in [-0.1, -0.05) is 65.7 Å². The van der Waals surface area contributed by atoms with E-state index in [2.05, 4.69) is 11.9 Å².